The van der Waals surface area contributed by atoms with Crippen LogP contribution in [0.15, 0.2) is 24.5 Å². The highest BCUT2D eigenvalue weighted by molar-refractivity contribution is 5.85. The van der Waals surface area contributed by atoms with E-state index >= 15 is 0 Å². The summed E-state index contributed by atoms with van der Waals surface area (Å²) in [5.41, 5.74) is -0.258. The fourth-order valence-corrected chi connectivity index (χ4v) is 1.41. The summed E-state index contributed by atoms with van der Waals surface area (Å²) in [6.07, 6.45) is 2.27. The first-order chi connectivity index (χ1) is 8.97. The fourth-order valence-electron chi connectivity index (χ4n) is 1.41. The molecule has 1 heterocycles. The minimum absolute atomic E-state index is 0.0158. The largest absolute Gasteiger partial charge is 0.476 e. The number of rotatable bonds is 3. The van der Waals surface area contributed by atoms with Gasteiger partial charge >= 0.3 is 5.97 Å². The third kappa shape index (κ3) is 2.82. The number of aromatic nitrogens is 2. The molecule has 0 radical (unpaired) electrons. The van der Waals surface area contributed by atoms with Crippen LogP contribution in [0, 0.1) is 18.6 Å². The second-order valence-electron chi connectivity index (χ2n) is 3.80. The Balaban J connectivity index is 2.33. The number of carboxylic acid groups (broad SMARTS) is 1. The van der Waals surface area contributed by atoms with Crippen LogP contribution in [0.2, 0.25) is 0 Å². The average molecular weight is 265 g/mol. The Hall–Kier alpha value is -2.57. The van der Waals surface area contributed by atoms with E-state index in [1.165, 1.54) is 13.1 Å². The van der Waals surface area contributed by atoms with Crippen LogP contribution in [-0.4, -0.2) is 21.0 Å². The van der Waals surface area contributed by atoms with Gasteiger partial charge in [-0.2, -0.15) is 0 Å². The maximum atomic E-state index is 13.6. The van der Waals surface area contributed by atoms with Crippen molar-refractivity contribution in [3.05, 3.63) is 47.4 Å². The molecule has 0 amide bonds. The average Bonchev–Trinajstić information content (AvgIpc) is 2.36. The fraction of sp³-hybridized carbons (Fsp3) is 0.0833. The van der Waals surface area contributed by atoms with Gasteiger partial charge in [0, 0.05) is 6.07 Å². The smallest absolute Gasteiger partial charge is 0.356 e. The number of carboxylic acids is 1. The third-order valence-electron chi connectivity index (χ3n) is 2.36. The van der Waals surface area contributed by atoms with Crippen LogP contribution < -0.4 is 5.32 Å². The van der Waals surface area contributed by atoms with Gasteiger partial charge in [0.05, 0.1) is 18.1 Å². The van der Waals surface area contributed by atoms with Crippen molar-refractivity contribution in [3.8, 4) is 0 Å². The standard InChI is InChI=1S/C12H9F2N3O2/c1-6-2-8(14)9(3-7(6)13)16-11-5-15-4-10(17-11)12(18)19/h2-5H,1H3,(H,16,17)(H,18,19). The van der Waals surface area contributed by atoms with Crippen LogP contribution in [0.5, 0.6) is 0 Å². The minimum Gasteiger partial charge on any atom is -0.476 e. The number of nitrogens with zero attached hydrogens (tertiary/aromatic N) is 2. The molecule has 98 valence electrons. The molecule has 0 aliphatic heterocycles. The first kappa shape index (κ1) is 12.9. The Kier molecular flexibility index (Phi) is 3.37. The highest BCUT2D eigenvalue weighted by atomic mass is 19.1. The molecule has 1 aromatic heterocycles. The quantitative estimate of drug-likeness (QED) is 0.891. The Morgan fingerprint density at radius 3 is 2.68 bits per heavy atom. The first-order valence-corrected chi connectivity index (χ1v) is 5.25. The number of halogens is 2. The summed E-state index contributed by atoms with van der Waals surface area (Å²) >= 11 is 0. The van der Waals surface area contributed by atoms with E-state index in [2.05, 4.69) is 15.3 Å². The molecule has 0 bridgehead atoms. The molecule has 0 fully saturated rings. The molecule has 19 heavy (non-hydrogen) atoms. The molecule has 2 aromatic rings. The van der Waals surface area contributed by atoms with Gasteiger partial charge in [-0.15, -0.1) is 0 Å². The zero-order valence-electron chi connectivity index (χ0n) is 9.82. The van der Waals surface area contributed by atoms with E-state index in [0.29, 0.717) is 0 Å². The van der Waals surface area contributed by atoms with Gasteiger partial charge in [0.15, 0.2) is 5.69 Å². The van der Waals surface area contributed by atoms with Crippen LogP contribution in [0.1, 0.15) is 16.1 Å². The zero-order chi connectivity index (χ0) is 14.0. The Morgan fingerprint density at radius 2 is 2.00 bits per heavy atom. The third-order valence-corrected chi connectivity index (χ3v) is 2.36. The molecular weight excluding hydrogens is 256 g/mol. The summed E-state index contributed by atoms with van der Waals surface area (Å²) in [7, 11) is 0. The molecule has 0 aliphatic rings. The summed E-state index contributed by atoms with van der Waals surface area (Å²) in [6, 6.07) is 2.01. The topological polar surface area (TPSA) is 75.1 Å². The van der Waals surface area contributed by atoms with Crippen molar-refractivity contribution in [3.63, 3.8) is 0 Å². The van der Waals surface area contributed by atoms with Crippen molar-refractivity contribution in [2.75, 3.05) is 5.32 Å². The highest BCUT2D eigenvalue weighted by Gasteiger charge is 2.10. The van der Waals surface area contributed by atoms with Gasteiger partial charge < -0.3 is 10.4 Å². The first-order valence-electron chi connectivity index (χ1n) is 5.25. The molecule has 0 aliphatic carbocycles. The van der Waals surface area contributed by atoms with Gasteiger partial charge in [0.1, 0.15) is 17.5 Å². The van der Waals surface area contributed by atoms with Gasteiger partial charge in [0.2, 0.25) is 0 Å². The van der Waals surface area contributed by atoms with Crippen LogP contribution in [-0.2, 0) is 0 Å². The number of carbonyl (C=O) groups is 1. The number of hydrogen-bond donors (Lipinski definition) is 2. The second-order valence-corrected chi connectivity index (χ2v) is 3.80. The summed E-state index contributed by atoms with van der Waals surface area (Å²) in [5.74, 6) is -2.48. The SMILES string of the molecule is Cc1cc(F)c(Nc2cncc(C(=O)O)n2)cc1F. The molecule has 0 atom stereocenters. The zero-order valence-corrected chi connectivity index (χ0v) is 9.82. The number of anilines is 2. The lowest BCUT2D eigenvalue weighted by Gasteiger charge is -2.08. The molecule has 0 saturated carbocycles. The Bertz CT molecular complexity index is 647. The number of benzene rings is 1. The number of aromatic carboxylic acids is 1. The second kappa shape index (κ2) is 4.97. The number of hydrogen-bond acceptors (Lipinski definition) is 4. The summed E-state index contributed by atoms with van der Waals surface area (Å²) in [4.78, 5) is 18.1. The lowest BCUT2D eigenvalue weighted by Crippen LogP contribution is -2.05. The van der Waals surface area contributed by atoms with E-state index < -0.39 is 17.6 Å². The van der Waals surface area contributed by atoms with Gasteiger partial charge in [0.25, 0.3) is 0 Å². The van der Waals surface area contributed by atoms with Crippen molar-refractivity contribution in [2.24, 2.45) is 0 Å². The van der Waals surface area contributed by atoms with Gasteiger partial charge in [-0.3, -0.25) is 4.98 Å². The highest BCUT2D eigenvalue weighted by Crippen LogP contribution is 2.21. The predicted molar refractivity (Wildman–Crippen MR) is 63.4 cm³/mol. The van der Waals surface area contributed by atoms with Crippen LogP contribution in [0.3, 0.4) is 0 Å². The number of aryl methyl sites for hydroxylation is 1. The molecule has 2 rings (SSSR count). The van der Waals surface area contributed by atoms with Crippen LogP contribution in [0.4, 0.5) is 20.3 Å². The van der Waals surface area contributed by atoms with Crippen LogP contribution >= 0.6 is 0 Å². The minimum atomic E-state index is -1.26. The molecule has 0 spiro atoms. The van der Waals surface area contributed by atoms with E-state index in [4.69, 9.17) is 5.11 Å². The van der Waals surface area contributed by atoms with E-state index in [-0.39, 0.29) is 22.8 Å². The van der Waals surface area contributed by atoms with E-state index in [0.717, 1.165) is 18.3 Å². The predicted octanol–water partition coefficient (Wildman–Crippen LogP) is 2.51. The lowest BCUT2D eigenvalue weighted by molar-refractivity contribution is 0.0690. The van der Waals surface area contributed by atoms with E-state index in [1.54, 1.807) is 0 Å². The van der Waals surface area contributed by atoms with Crippen molar-refractivity contribution >= 4 is 17.5 Å². The van der Waals surface area contributed by atoms with E-state index in [1.807, 2.05) is 0 Å². The molecule has 0 saturated heterocycles. The molecule has 2 N–H and O–H groups in total. The maximum absolute atomic E-state index is 13.6. The van der Waals surface area contributed by atoms with Crippen molar-refractivity contribution in [1.29, 1.82) is 0 Å². The molecular formula is C12H9F2N3O2. The normalized spacial score (nSPS) is 10.3. The van der Waals surface area contributed by atoms with Gasteiger partial charge in [-0.25, -0.2) is 18.6 Å². The molecule has 5 nitrogen and oxygen atoms in total. The van der Waals surface area contributed by atoms with Crippen molar-refractivity contribution < 1.29 is 18.7 Å². The summed E-state index contributed by atoms with van der Waals surface area (Å²) in [6.45, 7) is 1.44. The van der Waals surface area contributed by atoms with Crippen molar-refractivity contribution in [2.45, 2.75) is 6.92 Å². The summed E-state index contributed by atoms with van der Waals surface area (Å²) in [5, 5.41) is 11.2. The van der Waals surface area contributed by atoms with Gasteiger partial charge in [-0.1, -0.05) is 0 Å². The molecule has 0 unspecified atom stereocenters. The van der Waals surface area contributed by atoms with Crippen molar-refractivity contribution in [1.82, 2.24) is 9.97 Å². The lowest BCUT2D eigenvalue weighted by atomic mass is 10.2. The van der Waals surface area contributed by atoms with Crippen LogP contribution in [0.25, 0.3) is 0 Å². The Labute approximate surface area is 106 Å². The summed E-state index contributed by atoms with van der Waals surface area (Å²) < 4.78 is 26.9. The number of nitrogens with one attached hydrogen (secondary N) is 1. The Morgan fingerprint density at radius 1 is 1.26 bits per heavy atom. The monoisotopic (exact) mass is 265 g/mol. The maximum Gasteiger partial charge on any atom is 0.356 e. The molecule has 7 heteroatoms. The van der Waals surface area contributed by atoms with Gasteiger partial charge in [-0.05, 0) is 18.6 Å². The molecule has 1 aromatic carbocycles. The van der Waals surface area contributed by atoms with E-state index in [9.17, 15) is 13.6 Å².